The molecule has 0 fully saturated rings. The average Bonchev–Trinajstić information content (AvgIpc) is 2.80. The Morgan fingerprint density at radius 3 is 2.36 bits per heavy atom. The zero-order chi connectivity index (χ0) is 26.3. The van der Waals surface area contributed by atoms with Crippen LogP contribution in [-0.4, -0.2) is 44.9 Å². The maximum atomic E-state index is 12.4. The van der Waals surface area contributed by atoms with Gasteiger partial charge in [0.1, 0.15) is 5.75 Å². The van der Waals surface area contributed by atoms with E-state index in [-0.39, 0.29) is 11.7 Å². The van der Waals surface area contributed by atoms with Gasteiger partial charge in [-0.05, 0) is 73.3 Å². The van der Waals surface area contributed by atoms with Crippen molar-refractivity contribution in [3.8, 4) is 16.9 Å². The summed E-state index contributed by atoms with van der Waals surface area (Å²) in [6, 6.07) is 20.3. The number of carbonyl (C=O) groups excluding carboxylic acids is 1. The van der Waals surface area contributed by atoms with Gasteiger partial charge in [-0.25, -0.2) is 13.1 Å². The molecule has 0 bridgehead atoms. The molecule has 0 unspecified atom stereocenters. The minimum Gasteiger partial charge on any atom is -0.490 e. The largest absolute Gasteiger partial charge is 0.490 e. The molecule has 5 N–H and O–H groups in total. The highest BCUT2D eigenvalue weighted by Gasteiger charge is 2.18. The van der Waals surface area contributed by atoms with Crippen LogP contribution in [-0.2, 0) is 16.4 Å². The first-order valence-corrected chi connectivity index (χ1v) is 13.6. The first kappa shape index (κ1) is 27.2. The molecule has 1 atom stereocenters. The molecule has 0 aromatic heterocycles. The van der Waals surface area contributed by atoms with Crippen LogP contribution in [0.25, 0.3) is 11.1 Å². The number of hydrogen-bond acceptors (Lipinski definition) is 7. The van der Waals surface area contributed by atoms with Gasteiger partial charge in [0.05, 0.1) is 24.0 Å². The topological polar surface area (TPSA) is 131 Å². The molecule has 3 rings (SSSR count). The lowest BCUT2D eigenvalue weighted by atomic mass is 10.0. The molecule has 36 heavy (non-hydrogen) atoms. The van der Waals surface area contributed by atoms with Crippen molar-refractivity contribution in [1.29, 1.82) is 0 Å². The fourth-order valence-corrected chi connectivity index (χ4v) is 4.13. The summed E-state index contributed by atoms with van der Waals surface area (Å²) < 4.78 is 30.7. The van der Waals surface area contributed by atoms with Gasteiger partial charge in [-0.1, -0.05) is 42.5 Å². The Morgan fingerprint density at radius 1 is 1.03 bits per heavy atom. The predicted octanol–water partition coefficient (Wildman–Crippen LogP) is 3.28. The Hall–Kier alpha value is -3.40. The first-order chi connectivity index (χ1) is 17.0. The lowest BCUT2D eigenvalue weighted by molar-refractivity contribution is 0.0976. The van der Waals surface area contributed by atoms with Crippen LogP contribution in [0.5, 0.6) is 5.75 Å². The second kappa shape index (κ2) is 12.0. The van der Waals surface area contributed by atoms with Crippen LogP contribution in [0.1, 0.15) is 41.4 Å². The van der Waals surface area contributed by atoms with Crippen molar-refractivity contribution < 1.29 is 23.1 Å². The molecule has 0 saturated heterocycles. The highest BCUT2D eigenvalue weighted by Crippen LogP contribution is 2.29. The van der Waals surface area contributed by atoms with E-state index in [0.29, 0.717) is 24.5 Å². The number of nitrogen functional groups attached to an aromatic ring is 1. The number of nitrogens with two attached hydrogens (primary N) is 1. The molecule has 0 spiro atoms. The quantitative estimate of drug-likeness (QED) is 0.230. The minimum absolute atomic E-state index is 0.154. The normalized spacial score (nSPS) is 12.4. The van der Waals surface area contributed by atoms with E-state index in [4.69, 9.17) is 10.5 Å². The highest BCUT2D eigenvalue weighted by atomic mass is 32.2. The van der Waals surface area contributed by atoms with Gasteiger partial charge in [0.25, 0.3) is 5.91 Å². The van der Waals surface area contributed by atoms with Gasteiger partial charge in [-0.15, -0.1) is 0 Å². The van der Waals surface area contributed by atoms with Crippen molar-refractivity contribution in [1.82, 2.24) is 10.0 Å². The van der Waals surface area contributed by atoms with Gasteiger partial charge in [-0.3, -0.25) is 4.79 Å². The van der Waals surface area contributed by atoms with Gasteiger partial charge >= 0.3 is 0 Å². The number of anilines is 1. The summed E-state index contributed by atoms with van der Waals surface area (Å²) in [5.74, 6) is -0.418. The molecule has 0 radical (unpaired) electrons. The maximum absolute atomic E-state index is 12.4. The summed E-state index contributed by atoms with van der Waals surface area (Å²) >= 11 is 0. The van der Waals surface area contributed by atoms with Crippen LogP contribution in [0.4, 0.5) is 5.69 Å². The van der Waals surface area contributed by atoms with Gasteiger partial charge in [-0.2, -0.15) is 0 Å². The molecule has 0 aliphatic rings. The molecule has 192 valence electrons. The fourth-order valence-electron chi connectivity index (χ4n) is 3.68. The maximum Gasteiger partial charge on any atom is 0.268 e. The second-order valence-corrected chi connectivity index (χ2v) is 10.7. The van der Waals surface area contributed by atoms with Crippen LogP contribution in [0.15, 0.2) is 66.7 Å². The third-order valence-electron chi connectivity index (χ3n) is 5.38. The number of ether oxygens (including phenoxy) is 1. The van der Waals surface area contributed by atoms with Gasteiger partial charge in [0.2, 0.25) is 10.0 Å². The van der Waals surface area contributed by atoms with Gasteiger partial charge < -0.3 is 20.9 Å². The van der Waals surface area contributed by atoms with E-state index in [1.165, 1.54) is 0 Å². The standard InChI is InChI=1S/C27H33N3O5S/c1-18(2)35-26-16-21(11-12-24(26)27(32)30-36(3,33)34)20-9-7-19(8-10-20)13-14-29-17-25(31)22-5-4-6-23(28)15-22/h4-12,15-16,18,25,29,31H,13-14,17,28H2,1-3H3,(H,30,32)/t25-/m0/s1. The van der Waals surface area contributed by atoms with Crippen molar-refractivity contribution in [3.63, 3.8) is 0 Å². The second-order valence-electron chi connectivity index (χ2n) is 8.92. The lowest BCUT2D eigenvalue weighted by Crippen LogP contribution is -2.30. The van der Waals surface area contributed by atoms with Crippen LogP contribution in [0.3, 0.4) is 0 Å². The number of aliphatic hydroxyl groups excluding tert-OH is 1. The van der Waals surface area contributed by atoms with E-state index in [1.54, 1.807) is 30.3 Å². The van der Waals surface area contributed by atoms with Crippen molar-refractivity contribution >= 4 is 21.6 Å². The molecule has 0 aliphatic heterocycles. The summed E-state index contributed by atoms with van der Waals surface area (Å²) in [5, 5.41) is 13.6. The third-order valence-corrected chi connectivity index (χ3v) is 5.93. The molecule has 9 heteroatoms. The molecule has 3 aromatic carbocycles. The monoisotopic (exact) mass is 511 g/mol. The average molecular weight is 512 g/mol. The number of carbonyl (C=O) groups is 1. The molecule has 0 heterocycles. The minimum atomic E-state index is -3.69. The number of hydrogen-bond donors (Lipinski definition) is 4. The van der Waals surface area contributed by atoms with Crippen LogP contribution in [0, 0.1) is 0 Å². The Balaban J connectivity index is 1.63. The Bertz CT molecular complexity index is 1290. The molecule has 0 aliphatic carbocycles. The predicted molar refractivity (Wildman–Crippen MR) is 142 cm³/mol. The number of nitrogens with one attached hydrogen (secondary N) is 2. The fraction of sp³-hybridized carbons (Fsp3) is 0.296. The van der Waals surface area contributed by atoms with Crippen LogP contribution >= 0.6 is 0 Å². The van der Waals surface area contributed by atoms with Crippen LogP contribution < -0.4 is 20.5 Å². The Kier molecular flexibility index (Phi) is 9.08. The van der Waals surface area contributed by atoms with Crippen molar-refractivity contribution in [3.05, 3.63) is 83.4 Å². The number of sulfonamides is 1. The van der Waals surface area contributed by atoms with Gasteiger partial charge in [0, 0.05) is 12.2 Å². The number of aliphatic hydroxyl groups is 1. The number of benzene rings is 3. The summed E-state index contributed by atoms with van der Waals surface area (Å²) in [6.45, 7) is 4.80. The SMILES string of the molecule is CC(C)Oc1cc(-c2ccc(CCNC[C@H](O)c3cccc(N)c3)cc2)ccc1C(=O)NS(C)(=O)=O. The smallest absolute Gasteiger partial charge is 0.268 e. The zero-order valence-electron chi connectivity index (χ0n) is 20.7. The lowest BCUT2D eigenvalue weighted by Gasteiger charge is -2.16. The van der Waals surface area contributed by atoms with Crippen molar-refractivity contribution in [2.24, 2.45) is 0 Å². The van der Waals surface area contributed by atoms with E-state index in [0.717, 1.165) is 34.9 Å². The summed E-state index contributed by atoms with van der Waals surface area (Å²) in [4.78, 5) is 12.4. The molecule has 0 saturated carbocycles. The summed E-state index contributed by atoms with van der Waals surface area (Å²) in [5.41, 5.74) is 10.3. The molecular formula is C27H33N3O5S. The zero-order valence-corrected chi connectivity index (χ0v) is 21.5. The molecular weight excluding hydrogens is 478 g/mol. The van der Waals surface area contributed by atoms with E-state index >= 15 is 0 Å². The first-order valence-electron chi connectivity index (χ1n) is 11.7. The Labute approximate surface area is 212 Å². The molecule has 8 nitrogen and oxygen atoms in total. The summed E-state index contributed by atoms with van der Waals surface area (Å²) in [7, 11) is -3.69. The van der Waals surface area contributed by atoms with E-state index < -0.39 is 22.0 Å². The van der Waals surface area contributed by atoms with Crippen LogP contribution in [0.2, 0.25) is 0 Å². The van der Waals surface area contributed by atoms with Crippen molar-refractivity contribution in [2.75, 3.05) is 25.1 Å². The Morgan fingerprint density at radius 2 is 1.72 bits per heavy atom. The van der Waals surface area contributed by atoms with E-state index in [1.807, 2.05) is 55.0 Å². The molecule has 1 amide bonds. The van der Waals surface area contributed by atoms with E-state index in [9.17, 15) is 18.3 Å². The van der Waals surface area contributed by atoms with E-state index in [2.05, 4.69) is 5.32 Å². The summed E-state index contributed by atoms with van der Waals surface area (Å²) in [6.07, 6.45) is 0.898. The van der Waals surface area contributed by atoms with Crippen molar-refractivity contribution in [2.45, 2.75) is 32.5 Å². The number of amides is 1. The van der Waals surface area contributed by atoms with Gasteiger partial charge in [0.15, 0.2) is 0 Å². The highest BCUT2D eigenvalue weighted by molar-refractivity contribution is 7.89. The number of rotatable bonds is 11. The molecule has 3 aromatic rings. The third kappa shape index (κ3) is 8.08.